The Bertz CT molecular complexity index is 622. The maximum atomic E-state index is 5.84. The largest absolute Gasteiger partial charge is 0.463 e. The second kappa shape index (κ2) is 6.91. The van der Waals surface area contributed by atoms with Crippen LogP contribution in [0.4, 0.5) is 5.82 Å². The molecule has 22 heavy (non-hydrogen) atoms. The standard InChI is InChI=1S/C15H23N5O2/c1-3-4-8-22-15-18-13(16-2)12-14(19-15)20(10-17-12)11-7-5-6-9-21-11/h10-11H,3-9H2,1-2H3,(H,16,18,19). The lowest BCUT2D eigenvalue weighted by Gasteiger charge is -2.23. The number of rotatable bonds is 6. The first-order valence-corrected chi connectivity index (χ1v) is 8.00. The first-order valence-electron chi connectivity index (χ1n) is 8.00. The van der Waals surface area contributed by atoms with Gasteiger partial charge >= 0.3 is 6.01 Å². The van der Waals surface area contributed by atoms with Crippen LogP contribution in [-0.2, 0) is 4.74 Å². The zero-order valence-corrected chi connectivity index (χ0v) is 13.2. The van der Waals surface area contributed by atoms with E-state index >= 15 is 0 Å². The van der Waals surface area contributed by atoms with Crippen LogP contribution in [0.15, 0.2) is 6.33 Å². The average Bonchev–Trinajstić information content (AvgIpc) is 2.99. The molecule has 3 heterocycles. The van der Waals surface area contributed by atoms with Crippen molar-refractivity contribution in [3.05, 3.63) is 6.33 Å². The van der Waals surface area contributed by atoms with Gasteiger partial charge in [0.25, 0.3) is 0 Å². The third-order valence-corrected chi connectivity index (χ3v) is 3.83. The normalized spacial score (nSPS) is 18.5. The molecule has 7 nitrogen and oxygen atoms in total. The molecule has 3 rings (SSSR count). The molecule has 0 radical (unpaired) electrons. The number of nitrogens with zero attached hydrogens (tertiary/aromatic N) is 4. The van der Waals surface area contributed by atoms with Crippen LogP contribution < -0.4 is 10.1 Å². The predicted octanol–water partition coefficient (Wildman–Crippen LogP) is 2.75. The van der Waals surface area contributed by atoms with Gasteiger partial charge in [0.1, 0.15) is 6.23 Å². The zero-order valence-electron chi connectivity index (χ0n) is 13.2. The molecule has 0 aliphatic carbocycles. The Morgan fingerprint density at radius 1 is 1.41 bits per heavy atom. The quantitative estimate of drug-likeness (QED) is 0.827. The molecule has 1 unspecified atom stereocenters. The van der Waals surface area contributed by atoms with E-state index in [4.69, 9.17) is 9.47 Å². The minimum Gasteiger partial charge on any atom is -0.463 e. The van der Waals surface area contributed by atoms with Crippen molar-refractivity contribution in [2.45, 2.75) is 45.3 Å². The highest BCUT2D eigenvalue weighted by Crippen LogP contribution is 2.28. The van der Waals surface area contributed by atoms with Crippen LogP contribution in [0.25, 0.3) is 11.2 Å². The topological polar surface area (TPSA) is 74.1 Å². The maximum absolute atomic E-state index is 5.84. The van der Waals surface area contributed by atoms with Crippen molar-refractivity contribution >= 4 is 17.0 Å². The molecule has 2 aromatic rings. The SMILES string of the molecule is CCCCOc1nc(NC)c2ncn(C3CCCCO3)c2n1. The Morgan fingerprint density at radius 3 is 3.05 bits per heavy atom. The highest BCUT2D eigenvalue weighted by Gasteiger charge is 2.21. The first kappa shape index (κ1) is 15.0. The van der Waals surface area contributed by atoms with E-state index in [1.54, 1.807) is 6.33 Å². The summed E-state index contributed by atoms with van der Waals surface area (Å²) in [5, 5.41) is 3.07. The Balaban J connectivity index is 1.94. The summed E-state index contributed by atoms with van der Waals surface area (Å²) in [7, 11) is 1.83. The van der Waals surface area contributed by atoms with Gasteiger partial charge in [-0.15, -0.1) is 0 Å². The van der Waals surface area contributed by atoms with Crippen molar-refractivity contribution in [1.29, 1.82) is 0 Å². The van der Waals surface area contributed by atoms with E-state index in [-0.39, 0.29) is 6.23 Å². The summed E-state index contributed by atoms with van der Waals surface area (Å²) < 4.78 is 13.5. The maximum Gasteiger partial charge on any atom is 0.320 e. The number of nitrogens with one attached hydrogen (secondary N) is 1. The van der Waals surface area contributed by atoms with E-state index in [2.05, 4.69) is 27.2 Å². The molecule has 1 N–H and O–H groups in total. The van der Waals surface area contributed by atoms with E-state index in [0.717, 1.165) is 49.9 Å². The van der Waals surface area contributed by atoms with E-state index in [1.807, 2.05) is 11.6 Å². The number of unbranched alkanes of at least 4 members (excludes halogenated alkanes) is 1. The fourth-order valence-corrected chi connectivity index (χ4v) is 2.60. The molecule has 1 fully saturated rings. The number of fused-ring (bicyclic) bond motifs is 1. The van der Waals surface area contributed by atoms with Crippen molar-refractivity contribution in [3.63, 3.8) is 0 Å². The van der Waals surface area contributed by atoms with Crippen molar-refractivity contribution < 1.29 is 9.47 Å². The minimum atomic E-state index is 0.00171. The van der Waals surface area contributed by atoms with E-state index in [0.29, 0.717) is 18.4 Å². The molecule has 0 bridgehead atoms. The second-order valence-electron chi connectivity index (χ2n) is 5.45. The lowest BCUT2D eigenvalue weighted by molar-refractivity contribution is -0.0298. The van der Waals surface area contributed by atoms with Crippen LogP contribution in [-0.4, -0.2) is 39.8 Å². The van der Waals surface area contributed by atoms with Gasteiger partial charge in [0, 0.05) is 13.7 Å². The van der Waals surface area contributed by atoms with Gasteiger partial charge in [-0.2, -0.15) is 9.97 Å². The molecule has 0 amide bonds. The first-order chi connectivity index (χ1) is 10.8. The fourth-order valence-electron chi connectivity index (χ4n) is 2.60. The van der Waals surface area contributed by atoms with Crippen LogP contribution in [0.1, 0.15) is 45.3 Å². The van der Waals surface area contributed by atoms with E-state index in [9.17, 15) is 0 Å². The molecular weight excluding hydrogens is 282 g/mol. The third-order valence-electron chi connectivity index (χ3n) is 3.83. The summed E-state index contributed by atoms with van der Waals surface area (Å²) in [5.74, 6) is 0.686. The van der Waals surface area contributed by atoms with Gasteiger partial charge < -0.3 is 14.8 Å². The Hall–Kier alpha value is -1.89. The molecule has 1 aliphatic heterocycles. The van der Waals surface area contributed by atoms with Gasteiger partial charge in [0.05, 0.1) is 12.9 Å². The lowest BCUT2D eigenvalue weighted by Crippen LogP contribution is -2.18. The summed E-state index contributed by atoms with van der Waals surface area (Å²) in [6.07, 6.45) is 7.11. The zero-order chi connectivity index (χ0) is 15.4. The number of imidazole rings is 1. The number of ether oxygens (including phenoxy) is 2. The van der Waals surface area contributed by atoms with Gasteiger partial charge in [-0.1, -0.05) is 13.3 Å². The Labute approximate surface area is 130 Å². The molecule has 1 saturated heterocycles. The molecule has 2 aromatic heterocycles. The molecule has 0 spiro atoms. The van der Waals surface area contributed by atoms with Crippen LogP contribution in [0.5, 0.6) is 6.01 Å². The van der Waals surface area contributed by atoms with Crippen LogP contribution in [0.2, 0.25) is 0 Å². The smallest absolute Gasteiger partial charge is 0.320 e. The summed E-state index contributed by atoms with van der Waals surface area (Å²) >= 11 is 0. The number of anilines is 1. The van der Waals surface area contributed by atoms with Crippen molar-refractivity contribution in [2.75, 3.05) is 25.6 Å². The highest BCUT2D eigenvalue weighted by molar-refractivity contribution is 5.83. The monoisotopic (exact) mass is 305 g/mol. The van der Waals surface area contributed by atoms with Crippen LogP contribution >= 0.6 is 0 Å². The fraction of sp³-hybridized carbons (Fsp3) is 0.667. The molecule has 1 atom stereocenters. The van der Waals surface area contributed by atoms with Gasteiger partial charge in [-0.25, -0.2) is 4.98 Å². The molecular formula is C15H23N5O2. The van der Waals surface area contributed by atoms with Crippen LogP contribution in [0, 0.1) is 0 Å². The highest BCUT2D eigenvalue weighted by atomic mass is 16.5. The summed E-state index contributed by atoms with van der Waals surface area (Å²) in [5.41, 5.74) is 1.51. The number of hydrogen-bond donors (Lipinski definition) is 1. The molecule has 1 aliphatic rings. The third kappa shape index (κ3) is 2.99. The van der Waals surface area contributed by atoms with Gasteiger partial charge in [-0.05, 0) is 25.7 Å². The number of hydrogen-bond acceptors (Lipinski definition) is 6. The van der Waals surface area contributed by atoms with Crippen molar-refractivity contribution in [1.82, 2.24) is 19.5 Å². The van der Waals surface area contributed by atoms with Gasteiger partial charge in [0.2, 0.25) is 0 Å². The number of aromatic nitrogens is 4. The van der Waals surface area contributed by atoms with E-state index < -0.39 is 0 Å². The van der Waals surface area contributed by atoms with Gasteiger partial charge in [0.15, 0.2) is 17.0 Å². The van der Waals surface area contributed by atoms with Crippen LogP contribution in [0.3, 0.4) is 0 Å². The van der Waals surface area contributed by atoms with Crippen molar-refractivity contribution in [2.24, 2.45) is 0 Å². The molecule has 120 valence electrons. The molecule has 7 heteroatoms. The van der Waals surface area contributed by atoms with Gasteiger partial charge in [-0.3, -0.25) is 4.57 Å². The predicted molar refractivity (Wildman–Crippen MR) is 84.1 cm³/mol. The second-order valence-corrected chi connectivity index (χ2v) is 5.45. The van der Waals surface area contributed by atoms with E-state index in [1.165, 1.54) is 0 Å². The Kier molecular flexibility index (Phi) is 4.72. The summed E-state index contributed by atoms with van der Waals surface area (Å²) in [6.45, 7) is 3.54. The molecule has 0 aromatic carbocycles. The molecule has 0 saturated carbocycles. The minimum absolute atomic E-state index is 0.00171. The van der Waals surface area contributed by atoms with Crippen molar-refractivity contribution in [3.8, 4) is 6.01 Å². The summed E-state index contributed by atoms with van der Waals surface area (Å²) in [4.78, 5) is 13.4. The Morgan fingerprint density at radius 2 is 2.32 bits per heavy atom. The summed E-state index contributed by atoms with van der Waals surface area (Å²) in [6, 6.07) is 0.392. The average molecular weight is 305 g/mol. The lowest BCUT2D eigenvalue weighted by atomic mass is 10.2.